The van der Waals surface area contributed by atoms with Crippen molar-refractivity contribution in [3.05, 3.63) is 71.0 Å². The molecule has 0 fully saturated rings. The SMILES string of the molecule is CC(C)[C@@H](COc1ccc(-c2ccc(C(F)(F)F)cc2Cl)nc1)Nc1ccc(C(=O)CCCC(=O)O)cn1. The van der Waals surface area contributed by atoms with Crippen LogP contribution in [-0.4, -0.2) is 39.5 Å². The van der Waals surface area contributed by atoms with Crippen LogP contribution in [0.1, 0.15) is 49.0 Å². The quantitative estimate of drug-likeness (QED) is 0.240. The van der Waals surface area contributed by atoms with Gasteiger partial charge in [-0.2, -0.15) is 13.2 Å². The topological polar surface area (TPSA) is 101 Å². The summed E-state index contributed by atoms with van der Waals surface area (Å²) in [5.41, 5.74) is 0.377. The minimum atomic E-state index is -4.48. The Balaban J connectivity index is 1.58. The van der Waals surface area contributed by atoms with Crippen molar-refractivity contribution < 1.29 is 32.6 Å². The third-order valence-corrected chi connectivity index (χ3v) is 6.07. The molecule has 0 saturated heterocycles. The van der Waals surface area contributed by atoms with E-state index < -0.39 is 17.7 Å². The van der Waals surface area contributed by atoms with Gasteiger partial charge in [-0.25, -0.2) is 4.98 Å². The van der Waals surface area contributed by atoms with Crippen molar-refractivity contribution in [3.63, 3.8) is 0 Å². The lowest BCUT2D eigenvalue weighted by atomic mass is 10.0. The fourth-order valence-corrected chi connectivity index (χ4v) is 3.77. The van der Waals surface area contributed by atoms with Crippen LogP contribution in [0.25, 0.3) is 11.3 Å². The van der Waals surface area contributed by atoms with Gasteiger partial charge in [0.05, 0.1) is 28.5 Å². The summed E-state index contributed by atoms with van der Waals surface area (Å²) in [4.78, 5) is 31.4. The maximum absolute atomic E-state index is 12.9. The molecule has 2 aromatic heterocycles. The third-order valence-electron chi connectivity index (χ3n) is 5.76. The third kappa shape index (κ3) is 8.17. The second kappa shape index (κ2) is 12.7. The fraction of sp³-hybridized carbons (Fsp3) is 0.333. The Morgan fingerprint density at radius 3 is 2.37 bits per heavy atom. The number of halogens is 4. The first-order valence-electron chi connectivity index (χ1n) is 11.9. The van der Waals surface area contributed by atoms with Crippen molar-refractivity contribution in [2.24, 2.45) is 5.92 Å². The normalized spacial score (nSPS) is 12.3. The Morgan fingerprint density at radius 2 is 1.82 bits per heavy atom. The molecule has 3 aromatic rings. The number of hydrogen-bond donors (Lipinski definition) is 2. The van der Waals surface area contributed by atoms with Gasteiger partial charge in [0.1, 0.15) is 18.2 Å². The molecule has 0 aliphatic carbocycles. The molecular weight excluding hydrogens is 523 g/mol. The zero-order chi connectivity index (χ0) is 27.9. The molecule has 0 aliphatic rings. The Bertz CT molecular complexity index is 1250. The number of benzene rings is 1. The summed E-state index contributed by atoms with van der Waals surface area (Å²) in [5.74, 6) is 0.0851. The van der Waals surface area contributed by atoms with Gasteiger partial charge in [-0.05, 0) is 48.7 Å². The highest BCUT2D eigenvalue weighted by Crippen LogP contribution is 2.35. The number of alkyl halides is 3. The summed E-state index contributed by atoms with van der Waals surface area (Å²) in [6, 6.07) is 9.60. The van der Waals surface area contributed by atoms with Gasteiger partial charge in [0.15, 0.2) is 5.78 Å². The smallest absolute Gasteiger partial charge is 0.416 e. The molecule has 0 spiro atoms. The zero-order valence-electron chi connectivity index (χ0n) is 20.8. The summed E-state index contributed by atoms with van der Waals surface area (Å²) in [6.45, 7) is 4.29. The Labute approximate surface area is 223 Å². The molecular formula is C27H27ClF3N3O4. The number of nitrogens with one attached hydrogen (secondary N) is 1. The number of carboxylic acid groups (broad SMARTS) is 1. The van der Waals surface area contributed by atoms with Crippen molar-refractivity contribution in [1.29, 1.82) is 0 Å². The summed E-state index contributed by atoms with van der Waals surface area (Å²) < 4.78 is 44.5. The number of anilines is 1. The number of nitrogens with zero attached hydrogens (tertiary/aromatic N) is 2. The number of rotatable bonds is 12. The van der Waals surface area contributed by atoms with Crippen LogP contribution in [0.4, 0.5) is 19.0 Å². The fourth-order valence-electron chi connectivity index (χ4n) is 3.49. The van der Waals surface area contributed by atoms with Crippen LogP contribution < -0.4 is 10.1 Å². The number of carbonyl (C=O) groups is 2. The largest absolute Gasteiger partial charge is 0.490 e. The Kier molecular flexibility index (Phi) is 9.68. The van der Waals surface area contributed by atoms with Crippen LogP contribution in [0.5, 0.6) is 5.75 Å². The van der Waals surface area contributed by atoms with Crippen LogP contribution in [0, 0.1) is 5.92 Å². The lowest BCUT2D eigenvalue weighted by molar-refractivity contribution is -0.138. The lowest BCUT2D eigenvalue weighted by Gasteiger charge is -2.23. The van der Waals surface area contributed by atoms with Crippen LogP contribution in [-0.2, 0) is 11.0 Å². The molecule has 1 atom stereocenters. The first-order chi connectivity index (χ1) is 17.9. The summed E-state index contributed by atoms with van der Waals surface area (Å²) in [5, 5.41) is 11.9. The molecule has 0 bridgehead atoms. The van der Waals surface area contributed by atoms with Gasteiger partial charge in [0.25, 0.3) is 0 Å². The highest BCUT2D eigenvalue weighted by molar-refractivity contribution is 6.33. The molecule has 2 N–H and O–H groups in total. The van der Waals surface area contributed by atoms with Gasteiger partial charge >= 0.3 is 12.1 Å². The first-order valence-corrected chi connectivity index (χ1v) is 12.3. The predicted molar refractivity (Wildman–Crippen MR) is 137 cm³/mol. The minimum absolute atomic E-state index is 0.0504. The number of carbonyl (C=O) groups excluding carboxylic acids is 1. The number of aliphatic carboxylic acids is 1. The molecule has 11 heteroatoms. The molecule has 0 aliphatic heterocycles. The lowest BCUT2D eigenvalue weighted by Crippen LogP contribution is -2.32. The second-order valence-electron chi connectivity index (χ2n) is 8.98. The summed E-state index contributed by atoms with van der Waals surface area (Å²) in [6.07, 6.45) is -1.19. The Hall–Kier alpha value is -3.66. The second-order valence-corrected chi connectivity index (χ2v) is 9.39. The van der Waals surface area contributed by atoms with Gasteiger partial charge in [-0.1, -0.05) is 31.5 Å². The number of aromatic nitrogens is 2. The van der Waals surface area contributed by atoms with E-state index in [0.29, 0.717) is 28.4 Å². The molecule has 2 heterocycles. The number of ketones is 1. The highest BCUT2D eigenvalue weighted by Gasteiger charge is 2.31. The number of Topliss-reactive ketones (excluding diaryl/α,β-unsaturated/α-hetero) is 1. The van der Waals surface area contributed by atoms with Crippen molar-refractivity contribution in [3.8, 4) is 17.0 Å². The van der Waals surface area contributed by atoms with Gasteiger partial charge in [0.2, 0.25) is 0 Å². The molecule has 3 rings (SSSR count). The van der Waals surface area contributed by atoms with E-state index in [1.54, 1.807) is 24.3 Å². The number of pyridine rings is 2. The minimum Gasteiger partial charge on any atom is -0.490 e. The standard InChI is InChI=1S/C27H27ClF3N3O4/c1-16(2)23(34-25-11-6-17(13-33-25)24(35)4-3-5-26(36)37)15-38-19-8-10-22(32-14-19)20-9-7-18(12-21(20)28)27(29,30)31/h6-14,16,23H,3-5,15H2,1-2H3,(H,33,34)(H,36,37)/t23-/m1/s1. The Morgan fingerprint density at radius 1 is 1.05 bits per heavy atom. The van der Waals surface area contributed by atoms with E-state index in [9.17, 15) is 22.8 Å². The molecule has 0 saturated carbocycles. The van der Waals surface area contributed by atoms with Crippen LogP contribution in [0.3, 0.4) is 0 Å². The van der Waals surface area contributed by atoms with Crippen molar-refractivity contribution >= 4 is 29.2 Å². The van der Waals surface area contributed by atoms with Crippen molar-refractivity contribution in [2.45, 2.75) is 45.3 Å². The number of hydrogen-bond acceptors (Lipinski definition) is 6. The molecule has 202 valence electrons. The summed E-state index contributed by atoms with van der Waals surface area (Å²) >= 11 is 6.06. The summed E-state index contributed by atoms with van der Waals surface area (Å²) in [7, 11) is 0. The van der Waals surface area contributed by atoms with E-state index in [0.717, 1.165) is 12.1 Å². The molecule has 0 unspecified atom stereocenters. The monoisotopic (exact) mass is 549 g/mol. The molecule has 7 nitrogen and oxygen atoms in total. The van der Waals surface area contributed by atoms with E-state index in [-0.39, 0.29) is 48.6 Å². The van der Waals surface area contributed by atoms with E-state index in [4.69, 9.17) is 21.4 Å². The van der Waals surface area contributed by atoms with E-state index in [1.165, 1.54) is 18.5 Å². The number of carboxylic acids is 1. The highest BCUT2D eigenvalue weighted by atomic mass is 35.5. The van der Waals surface area contributed by atoms with Crippen LogP contribution >= 0.6 is 11.6 Å². The van der Waals surface area contributed by atoms with E-state index >= 15 is 0 Å². The van der Waals surface area contributed by atoms with Crippen LogP contribution in [0.15, 0.2) is 54.9 Å². The van der Waals surface area contributed by atoms with Gasteiger partial charge in [0, 0.05) is 30.2 Å². The number of ether oxygens (including phenoxy) is 1. The zero-order valence-corrected chi connectivity index (χ0v) is 21.5. The first kappa shape index (κ1) is 28.9. The molecule has 1 aromatic carbocycles. The average Bonchev–Trinajstić information content (AvgIpc) is 2.86. The maximum Gasteiger partial charge on any atom is 0.416 e. The van der Waals surface area contributed by atoms with Gasteiger partial charge in [-0.15, -0.1) is 0 Å². The van der Waals surface area contributed by atoms with E-state index in [2.05, 4.69) is 15.3 Å². The van der Waals surface area contributed by atoms with E-state index in [1.807, 2.05) is 13.8 Å². The van der Waals surface area contributed by atoms with Gasteiger partial charge in [-0.3, -0.25) is 14.6 Å². The molecule has 0 amide bonds. The maximum atomic E-state index is 12.9. The predicted octanol–water partition coefficient (Wildman–Crippen LogP) is 6.77. The van der Waals surface area contributed by atoms with Crippen molar-refractivity contribution in [2.75, 3.05) is 11.9 Å². The molecule has 38 heavy (non-hydrogen) atoms. The van der Waals surface area contributed by atoms with Crippen LogP contribution in [0.2, 0.25) is 5.02 Å². The average molecular weight is 550 g/mol. The van der Waals surface area contributed by atoms with Crippen molar-refractivity contribution in [1.82, 2.24) is 9.97 Å². The molecule has 0 radical (unpaired) electrons. The van der Waals surface area contributed by atoms with Gasteiger partial charge < -0.3 is 15.2 Å².